The number of rotatable bonds is 10. The fourth-order valence-electron chi connectivity index (χ4n) is 4.42. The van der Waals surface area contributed by atoms with E-state index in [0.717, 1.165) is 56.3 Å². The highest BCUT2D eigenvalue weighted by atomic mass is 16.3. The number of aromatic nitrogens is 2. The maximum atomic E-state index is 5.46. The molecule has 30 heavy (non-hydrogen) atoms. The average Bonchev–Trinajstić information content (AvgIpc) is 3.49. The fourth-order valence-corrected chi connectivity index (χ4v) is 4.42. The molecule has 2 aromatic rings. The van der Waals surface area contributed by atoms with Crippen molar-refractivity contribution in [3.63, 3.8) is 0 Å². The molecule has 1 aliphatic rings. The van der Waals surface area contributed by atoms with Crippen LogP contribution in [0.3, 0.4) is 0 Å². The summed E-state index contributed by atoms with van der Waals surface area (Å²) >= 11 is 0. The molecular formula is C23H38N6O. The minimum atomic E-state index is 0.586. The van der Waals surface area contributed by atoms with Crippen molar-refractivity contribution >= 4 is 5.96 Å². The summed E-state index contributed by atoms with van der Waals surface area (Å²) in [5.74, 6) is 1.86. The van der Waals surface area contributed by atoms with Gasteiger partial charge in [-0.15, -0.1) is 0 Å². The van der Waals surface area contributed by atoms with Crippen LogP contribution < -0.4 is 10.6 Å². The van der Waals surface area contributed by atoms with Crippen molar-refractivity contribution in [3.05, 3.63) is 41.1 Å². The molecule has 0 radical (unpaired) electrons. The Hall–Kier alpha value is -2.28. The molecule has 3 heterocycles. The van der Waals surface area contributed by atoms with E-state index in [1.165, 1.54) is 30.6 Å². The summed E-state index contributed by atoms with van der Waals surface area (Å²) in [7, 11) is 2.03. The molecule has 1 atom stereocenters. The van der Waals surface area contributed by atoms with Gasteiger partial charge in [0.2, 0.25) is 0 Å². The molecule has 7 nitrogen and oxygen atoms in total. The van der Waals surface area contributed by atoms with Gasteiger partial charge in [-0.3, -0.25) is 9.58 Å². The van der Waals surface area contributed by atoms with Crippen molar-refractivity contribution < 1.29 is 4.42 Å². The molecule has 2 N–H and O–H groups in total. The summed E-state index contributed by atoms with van der Waals surface area (Å²) in [6.07, 6.45) is 7.00. The number of nitrogens with one attached hydrogen (secondary N) is 2. The first-order valence-corrected chi connectivity index (χ1v) is 11.5. The lowest BCUT2D eigenvalue weighted by molar-refractivity contribution is 0.267. The molecule has 1 unspecified atom stereocenters. The molecule has 1 saturated heterocycles. The minimum Gasteiger partial charge on any atom is -0.469 e. The molecule has 2 aromatic heterocycles. The van der Waals surface area contributed by atoms with E-state index >= 15 is 0 Å². The first-order chi connectivity index (χ1) is 14.7. The predicted molar refractivity (Wildman–Crippen MR) is 122 cm³/mol. The number of likely N-dealkylation sites (N-methyl/N-ethyl adjacent to an activating group) is 1. The number of nitrogens with zero attached hydrogens (tertiary/aromatic N) is 4. The Bertz CT molecular complexity index is 795. The van der Waals surface area contributed by atoms with E-state index in [4.69, 9.17) is 14.5 Å². The number of aryl methyl sites for hydroxylation is 2. The van der Waals surface area contributed by atoms with Gasteiger partial charge in [0.1, 0.15) is 5.76 Å². The molecule has 7 heteroatoms. The van der Waals surface area contributed by atoms with Gasteiger partial charge in [0.25, 0.3) is 0 Å². The van der Waals surface area contributed by atoms with Crippen molar-refractivity contribution in [1.82, 2.24) is 25.3 Å². The number of guanidine groups is 1. The Kier molecular flexibility index (Phi) is 8.37. The highest BCUT2D eigenvalue weighted by molar-refractivity contribution is 5.79. The van der Waals surface area contributed by atoms with Gasteiger partial charge >= 0.3 is 0 Å². The van der Waals surface area contributed by atoms with Gasteiger partial charge in [-0.1, -0.05) is 20.8 Å². The molecule has 0 bridgehead atoms. The molecule has 1 fully saturated rings. The highest BCUT2D eigenvalue weighted by Gasteiger charge is 2.23. The molecule has 0 saturated carbocycles. The van der Waals surface area contributed by atoms with Crippen LogP contribution in [0.2, 0.25) is 0 Å². The third-order valence-corrected chi connectivity index (χ3v) is 6.08. The van der Waals surface area contributed by atoms with Crippen LogP contribution in [0, 0.1) is 0 Å². The Morgan fingerprint density at radius 3 is 2.83 bits per heavy atom. The number of likely N-dealkylation sites (tertiary alicyclic amines) is 1. The van der Waals surface area contributed by atoms with E-state index in [2.05, 4.69) is 36.3 Å². The molecule has 0 aromatic carbocycles. The van der Waals surface area contributed by atoms with Gasteiger partial charge in [-0.2, -0.15) is 5.10 Å². The molecule has 1 aliphatic heterocycles. The van der Waals surface area contributed by atoms with Crippen LogP contribution in [0.15, 0.2) is 27.8 Å². The lowest BCUT2D eigenvalue weighted by Gasteiger charge is -2.24. The van der Waals surface area contributed by atoms with Crippen molar-refractivity contribution in [2.75, 3.05) is 26.2 Å². The van der Waals surface area contributed by atoms with Crippen LogP contribution in [0.5, 0.6) is 0 Å². The summed E-state index contributed by atoms with van der Waals surface area (Å²) in [6, 6.07) is 4.53. The van der Waals surface area contributed by atoms with Crippen LogP contribution in [0.25, 0.3) is 0 Å². The Labute approximate surface area is 180 Å². The largest absolute Gasteiger partial charge is 0.469 e. The van der Waals surface area contributed by atoms with E-state index in [9.17, 15) is 0 Å². The Morgan fingerprint density at radius 2 is 2.13 bits per heavy atom. The summed E-state index contributed by atoms with van der Waals surface area (Å²) in [5.41, 5.74) is 3.70. The fraction of sp³-hybridized carbons (Fsp3) is 0.652. The van der Waals surface area contributed by atoms with Gasteiger partial charge in [0, 0.05) is 43.9 Å². The average molecular weight is 415 g/mol. The number of hydrogen-bond donors (Lipinski definition) is 2. The number of furan rings is 1. The normalized spacial score (nSPS) is 17.6. The Balaban J connectivity index is 1.67. The summed E-state index contributed by atoms with van der Waals surface area (Å²) in [6.45, 7) is 11.3. The van der Waals surface area contributed by atoms with E-state index in [1.807, 2.05) is 23.9 Å². The molecule has 3 rings (SSSR count). The highest BCUT2D eigenvalue weighted by Crippen LogP contribution is 2.17. The first-order valence-electron chi connectivity index (χ1n) is 11.5. The monoisotopic (exact) mass is 414 g/mol. The van der Waals surface area contributed by atoms with Crippen molar-refractivity contribution in [3.8, 4) is 0 Å². The number of hydrogen-bond acceptors (Lipinski definition) is 4. The van der Waals surface area contributed by atoms with E-state index in [-0.39, 0.29) is 0 Å². The van der Waals surface area contributed by atoms with Crippen LogP contribution in [0.4, 0.5) is 0 Å². The van der Waals surface area contributed by atoms with Crippen molar-refractivity contribution in [1.29, 1.82) is 0 Å². The van der Waals surface area contributed by atoms with Crippen LogP contribution in [-0.4, -0.2) is 52.9 Å². The van der Waals surface area contributed by atoms with Gasteiger partial charge in [-0.25, -0.2) is 4.99 Å². The molecule has 166 valence electrons. The second-order valence-electron chi connectivity index (χ2n) is 7.93. The maximum Gasteiger partial charge on any atom is 0.191 e. The zero-order valence-electron chi connectivity index (χ0n) is 19.1. The summed E-state index contributed by atoms with van der Waals surface area (Å²) < 4.78 is 7.47. The quantitative estimate of drug-likeness (QED) is 0.462. The third-order valence-electron chi connectivity index (χ3n) is 6.08. The molecular weight excluding hydrogens is 376 g/mol. The van der Waals surface area contributed by atoms with E-state index in [1.54, 1.807) is 6.26 Å². The topological polar surface area (TPSA) is 70.6 Å². The lowest BCUT2D eigenvalue weighted by atomic mass is 10.1. The predicted octanol–water partition coefficient (Wildman–Crippen LogP) is 2.90. The van der Waals surface area contributed by atoms with E-state index in [0.29, 0.717) is 12.6 Å². The molecule has 0 amide bonds. The number of aliphatic imine (C=N–C) groups is 1. The lowest BCUT2D eigenvalue weighted by Crippen LogP contribution is -2.45. The van der Waals surface area contributed by atoms with Crippen LogP contribution in [-0.2, 0) is 32.9 Å². The minimum absolute atomic E-state index is 0.586. The zero-order chi connectivity index (χ0) is 21.3. The van der Waals surface area contributed by atoms with E-state index < -0.39 is 0 Å². The van der Waals surface area contributed by atoms with Crippen LogP contribution in [0.1, 0.15) is 56.3 Å². The van der Waals surface area contributed by atoms with Gasteiger partial charge in [0.15, 0.2) is 5.96 Å². The Morgan fingerprint density at radius 1 is 1.27 bits per heavy atom. The standard InChI is InChI=1S/C23H38N6O/c1-5-21-20(22(6-2)28(4)27-21)17-26-23(24-13-12-19-11-9-15-30-19)25-16-18-10-8-14-29(18)7-3/h9,11,15,18H,5-8,10,12-14,16-17H2,1-4H3,(H2,24,25,26). The second-order valence-corrected chi connectivity index (χ2v) is 7.93. The summed E-state index contributed by atoms with van der Waals surface area (Å²) in [5, 5.41) is 11.8. The van der Waals surface area contributed by atoms with Crippen molar-refractivity contribution in [2.45, 2.75) is 65.5 Å². The second kappa shape index (κ2) is 11.2. The summed E-state index contributed by atoms with van der Waals surface area (Å²) in [4.78, 5) is 7.50. The van der Waals surface area contributed by atoms with Crippen molar-refractivity contribution in [2.24, 2.45) is 12.0 Å². The first kappa shape index (κ1) is 22.4. The van der Waals surface area contributed by atoms with Gasteiger partial charge < -0.3 is 15.1 Å². The molecule has 0 aliphatic carbocycles. The smallest absolute Gasteiger partial charge is 0.191 e. The van der Waals surface area contributed by atoms with Crippen LogP contribution >= 0.6 is 0 Å². The third kappa shape index (κ3) is 5.65. The zero-order valence-corrected chi connectivity index (χ0v) is 19.1. The van der Waals surface area contributed by atoms with Gasteiger partial charge in [-0.05, 0) is 50.9 Å². The van der Waals surface area contributed by atoms with Gasteiger partial charge in [0.05, 0.1) is 18.5 Å². The molecule has 0 spiro atoms. The maximum absolute atomic E-state index is 5.46. The SMILES string of the molecule is CCc1nn(C)c(CC)c1CN=C(NCCc1ccco1)NCC1CCCN1CC.